The molecule has 0 atom stereocenters. The summed E-state index contributed by atoms with van der Waals surface area (Å²) in [7, 11) is -3.77. The molecule has 0 aromatic heterocycles. The van der Waals surface area contributed by atoms with Gasteiger partial charge in [0.05, 0.1) is 16.5 Å². The number of sulfonamides is 1. The van der Waals surface area contributed by atoms with Crippen molar-refractivity contribution in [2.45, 2.75) is 4.90 Å². The number of anilines is 2. The first-order valence-electron chi connectivity index (χ1n) is 6.37. The van der Waals surface area contributed by atoms with Gasteiger partial charge in [-0.15, -0.1) is 0 Å². The van der Waals surface area contributed by atoms with E-state index in [-0.39, 0.29) is 22.4 Å². The lowest BCUT2D eigenvalue weighted by Crippen LogP contribution is -2.21. The van der Waals surface area contributed by atoms with Crippen molar-refractivity contribution >= 4 is 38.9 Å². The fourth-order valence-electron chi connectivity index (χ4n) is 1.72. The Kier molecular flexibility index (Phi) is 5.19. The third-order valence-electron chi connectivity index (χ3n) is 2.84. The fraction of sp³-hybridized carbons (Fsp3) is 0.0714. The van der Waals surface area contributed by atoms with E-state index in [1.165, 1.54) is 42.5 Å². The summed E-state index contributed by atoms with van der Waals surface area (Å²) in [6.45, 7) is -0.0705. The van der Waals surface area contributed by atoms with Crippen LogP contribution in [0.3, 0.4) is 0 Å². The highest BCUT2D eigenvalue weighted by molar-refractivity contribution is 7.89. The summed E-state index contributed by atoms with van der Waals surface area (Å²) in [6.07, 6.45) is 0. The molecular formula is C14H13ClFN3O3S. The average Bonchev–Trinajstić information content (AvgIpc) is 2.48. The Bertz CT molecular complexity index is 826. The highest BCUT2D eigenvalue weighted by atomic mass is 35.5. The second-order valence-electron chi connectivity index (χ2n) is 4.60. The summed E-state index contributed by atoms with van der Waals surface area (Å²) in [5.41, 5.74) is 0.914. The summed E-state index contributed by atoms with van der Waals surface area (Å²) in [6, 6.07) is 9.43. The molecule has 0 aliphatic rings. The maximum atomic E-state index is 13.0. The molecule has 0 bridgehead atoms. The van der Waals surface area contributed by atoms with Crippen molar-refractivity contribution in [1.29, 1.82) is 0 Å². The number of amides is 1. The molecule has 9 heteroatoms. The van der Waals surface area contributed by atoms with Crippen molar-refractivity contribution in [2.24, 2.45) is 5.14 Å². The van der Waals surface area contributed by atoms with E-state index < -0.39 is 15.8 Å². The number of nitrogens with one attached hydrogen (secondary N) is 2. The molecular weight excluding hydrogens is 345 g/mol. The first-order chi connectivity index (χ1) is 10.8. The number of nitrogens with two attached hydrogens (primary N) is 1. The van der Waals surface area contributed by atoms with Gasteiger partial charge in [-0.25, -0.2) is 17.9 Å². The summed E-state index contributed by atoms with van der Waals surface area (Å²) in [4.78, 5) is 11.7. The topological polar surface area (TPSA) is 101 Å². The zero-order valence-corrected chi connectivity index (χ0v) is 13.3. The minimum Gasteiger partial charge on any atom is -0.376 e. The van der Waals surface area contributed by atoms with Crippen LogP contribution in [0.1, 0.15) is 0 Å². The number of halogens is 2. The van der Waals surface area contributed by atoms with Crippen molar-refractivity contribution in [3.8, 4) is 0 Å². The molecule has 0 aliphatic carbocycles. The summed E-state index contributed by atoms with van der Waals surface area (Å²) in [5, 5.41) is 10.3. The van der Waals surface area contributed by atoms with Crippen molar-refractivity contribution in [2.75, 3.05) is 17.2 Å². The Morgan fingerprint density at radius 1 is 1.13 bits per heavy atom. The predicted octanol–water partition coefficient (Wildman–Crippen LogP) is 2.18. The van der Waals surface area contributed by atoms with Crippen LogP contribution in [-0.4, -0.2) is 20.9 Å². The van der Waals surface area contributed by atoms with Crippen LogP contribution < -0.4 is 15.8 Å². The van der Waals surface area contributed by atoms with Crippen LogP contribution in [-0.2, 0) is 14.8 Å². The van der Waals surface area contributed by atoms with Gasteiger partial charge in [0.1, 0.15) is 5.82 Å². The Labute approximate surface area is 137 Å². The molecule has 0 aliphatic heterocycles. The van der Waals surface area contributed by atoms with Gasteiger partial charge in [0.2, 0.25) is 15.9 Å². The highest BCUT2D eigenvalue weighted by Gasteiger charge is 2.08. The summed E-state index contributed by atoms with van der Waals surface area (Å²) < 4.78 is 35.3. The van der Waals surface area contributed by atoms with E-state index in [4.69, 9.17) is 16.7 Å². The smallest absolute Gasteiger partial charge is 0.243 e. The van der Waals surface area contributed by atoms with Crippen LogP contribution in [0.25, 0.3) is 0 Å². The van der Waals surface area contributed by atoms with Gasteiger partial charge >= 0.3 is 0 Å². The molecule has 0 unspecified atom stereocenters. The number of hydrogen-bond donors (Lipinski definition) is 3. The van der Waals surface area contributed by atoms with Crippen LogP contribution in [0.15, 0.2) is 47.4 Å². The molecule has 4 N–H and O–H groups in total. The van der Waals surface area contributed by atoms with Gasteiger partial charge in [-0.05, 0) is 42.5 Å². The Hall–Kier alpha value is -2.16. The lowest BCUT2D eigenvalue weighted by atomic mass is 10.3. The Balaban J connectivity index is 1.93. The quantitative estimate of drug-likeness (QED) is 0.763. The first-order valence-corrected chi connectivity index (χ1v) is 8.30. The van der Waals surface area contributed by atoms with Crippen molar-refractivity contribution in [3.63, 3.8) is 0 Å². The van der Waals surface area contributed by atoms with Crippen LogP contribution in [0.5, 0.6) is 0 Å². The van der Waals surface area contributed by atoms with Crippen molar-refractivity contribution in [1.82, 2.24) is 0 Å². The van der Waals surface area contributed by atoms with Crippen molar-refractivity contribution in [3.05, 3.63) is 53.3 Å². The van der Waals surface area contributed by atoms with E-state index in [9.17, 15) is 17.6 Å². The minimum atomic E-state index is -3.77. The van der Waals surface area contributed by atoms with Crippen LogP contribution in [0, 0.1) is 5.82 Å². The SMILES string of the molecule is NS(=O)(=O)c1ccc(NC(=O)CNc2ccc(F)c(Cl)c2)cc1. The normalized spacial score (nSPS) is 11.1. The summed E-state index contributed by atoms with van der Waals surface area (Å²) in [5.74, 6) is -0.912. The van der Waals surface area contributed by atoms with E-state index in [1.54, 1.807) is 0 Å². The molecule has 0 spiro atoms. The predicted molar refractivity (Wildman–Crippen MR) is 86.3 cm³/mol. The second-order valence-corrected chi connectivity index (χ2v) is 6.57. The molecule has 0 heterocycles. The van der Waals surface area contributed by atoms with Crippen LogP contribution >= 0.6 is 11.6 Å². The van der Waals surface area contributed by atoms with Crippen molar-refractivity contribution < 1.29 is 17.6 Å². The molecule has 0 radical (unpaired) electrons. The lowest BCUT2D eigenvalue weighted by Gasteiger charge is -2.09. The maximum absolute atomic E-state index is 13.0. The van der Waals surface area contributed by atoms with E-state index >= 15 is 0 Å². The average molecular weight is 358 g/mol. The molecule has 0 saturated heterocycles. The first kappa shape index (κ1) is 17.2. The minimum absolute atomic E-state index is 0.0467. The number of carbonyl (C=O) groups is 1. The summed E-state index contributed by atoms with van der Waals surface area (Å²) >= 11 is 5.64. The monoisotopic (exact) mass is 357 g/mol. The molecule has 122 valence electrons. The Morgan fingerprint density at radius 3 is 2.30 bits per heavy atom. The highest BCUT2D eigenvalue weighted by Crippen LogP contribution is 2.19. The van der Waals surface area contributed by atoms with Gasteiger partial charge in [-0.3, -0.25) is 4.79 Å². The van der Waals surface area contributed by atoms with Gasteiger partial charge in [0, 0.05) is 11.4 Å². The molecule has 6 nitrogen and oxygen atoms in total. The molecule has 1 amide bonds. The molecule has 0 saturated carbocycles. The maximum Gasteiger partial charge on any atom is 0.243 e. The Morgan fingerprint density at radius 2 is 1.74 bits per heavy atom. The number of carbonyl (C=O) groups excluding carboxylic acids is 1. The second kappa shape index (κ2) is 6.95. The number of hydrogen-bond acceptors (Lipinski definition) is 4. The van der Waals surface area contributed by atoms with Crippen LogP contribution in [0.4, 0.5) is 15.8 Å². The van der Waals surface area contributed by atoms with E-state index in [1.807, 2.05) is 0 Å². The molecule has 2 aromatic rings. The number of benzene rings is 2. The zero-order valence-electron chi connectivity index (χ0n) is 11.7. The lowest BCUT2D eigenvalue weighted by molar-refractivity contribution is -0.114. The third-order valence-corrected chi connectivity index (χ3v) is 4.06. The molecule has 0 fully saturated rings. The van der Waals surface area contributed by atoms with Gasteiger partial charge in [-0.2, -0.15) is 0 Å². The molecule has 23 heavy (non-hydrogen) atoms. The zero-order chi connectivity index (χ0) is 17.0. The number of primary sulfonamides is 1. The van der Waals surface area contributed by atoms with E-state index in [0.717, 1.165) is 0 Å². The van der Waals surface area contributed by atoms with E-state index in [0.29, 0.717) is 11.4 Å². The van der Waals surface area contributed by atoms with Gasteiger partial charge in [0.15, 0.2) is 0 Å². The molecule has 2 rings (SSSR count). The van der Waals surface area contributed by atoms with Gasteiger partial charge < -0.3 is 10.6 Å². The van der Waals surface area contributed by atoms with E-state index in [2.05, 4.69) is 10.6 Å². The standard InChI is InChI=1S/C14H13ClFN3O3S/c15-12-7-10(3-6-13(12)16)18-8-14(20)19-9-1-4-11(5-2-9)23(17,21)22/h1-7,18H,8H2,(H,19,20)(H2,17,21,22). The third kappa shape index (κ3) is 4.92. The number of rotatable bonds is 5. The molecule has 2 aromatic carbocycles. The fourth-order valence-corrected chi connectivity index (χ4v) is 2.42. The van der Waals surface area contributed by atoms with Gasteiger partial charge in [-0.1, -0.05) is 11.6 Å². The largest absolute Gasteiger partial charge is 0.376 e. The van der Waals surface area contributed by atoms with Gasteiger partial charge in [0.25, 0.3) is 0 Å². The van der Waals surface area contributed by atoms with Crippen LogP contribution in [0.2, 0.25) is 5.02 Å².